The highest BCUT2D eigenvalue weighted by molar-refractivity contribution is 9.10. The van der Waals surface area contributed by atoms with Gasteiger partial charge in [-0.15, -0.1) is 0 Å². The van der Waals surface area contributed by atoms with E-state index in [1.807, 2.05) is 48.1 Å². The van der Waals surface area contributed by atoms with Crippen LogP contribution in [0.2, 0.25) is 0 Å². The average Bonchev–Trinajstić information content (AvgIpc) is 2.56. The van der Waals surface area contributed by atoms with Crippen molar-refractivity contribution in [1.82, 2.24) is 9.55 Å². The van der Waals surface area contributed by atoms with Crippen LogP contribution < -0.4 is 0 Å². The lowest BCUT2D eigenvalue weighted by atomic mass is 10.2. The third kappa shape index (κ3) is 2.48. The first kappa shape index (κ1) is 10.0. The molecule has 2 rings (SSSR count). The Morgan fingerprint density at radius 1 is 1.20 bits per heavy atom. The Morgan fingerprint density at radius 2 is 1.93 bits per heavy atom. The molecule has 0 bridgehead atoms. The summed E-state index contributed by atoms with van der Waals surface area (Å²) in [5.41, 5.74) is 0.997. The Kier molecular flexibility index (Phi) is 2.89. The highest BCUT2D eigenvalue weighted by Crippen LogP contribution is 2.07. The molecule has 2 aromatic rings. The van der Waals surface area contributed by atoms with E-state index < -0.39 is 0 Å². The quantitative estimate of drug-likeness (QED) is 0.666. The molecule has 2 nitrogen and oxygen atoms in total. The lowest BCUT2D eigenvalue weighted by Gasteiger charge is -1.89. The average molecular weight is 261 g/mol. The van der Waals surface area contributed by atoms with Gasteiger partial charge in [0.1, 0.15) is 4.60 Å². The van der Waals surface area contributed by atoms with Gasteiger partial charge in [-0.1, -0.05) is 24.1 Å². The van der Waals surface area contributed by atoms with Crippen LogP contribution in [0, 0.1) is 11.8 Å². The van der Waals surface area contributed by atoms with Gasteiger partial charge in [0.2, 0.25) is 0 Å². The predicted molar refractivity (Wildman–Crippen MR) is 63.3 cm³/mol. The number of benzene rings is 1. The molecule has 0 amide bonds. The molecule has 74 valence electrons. The largest absolute Gasteiger partial charge is 0.326 e. The van der Waals surface area contributed by atoms with Gasteiger partial charge in [-0.25, -0.2) is 4.98 Å². The fourth-order valence-corrected chi connectivity index (χ4v) is 1.67. The second kappa shape index (κ2) is 4.33. The zero-order chi connectivity index (χ0) is 10.7. The molecule has 1 aromatic heterocycles. The molecule has 0 aliphatic heterocycles. The maximum atomic E-state index is 4.23. The van der Waals surface area contributed by atoms with Crippen LogP contribution in [0.5, 0.6) is 0 Å². The molecular weight excluding hydrogens is 252 g/mol. The molecule has 15 heavy (non-hydrogen) atoms. The van der Waals surface area contributed by atoms with Crippen LogP contribution in [-0.2, 0) is 7.05 Å². The lowest BCUT2D eigenvalue weighted by molar-refractivity contribution is 0.893. The van der Waals surface area contributed by atoms with E-state index in [-0.39, 0.29) is 0 Å². The fraction of sp³-hybridized carbons (Fsp3) is 0.0833. The van der Waals surface area contributed by atoms with Crippen molar-refractivity contribution in [3.63, 3.8) is 0 Å². The maximum absolute atomic E-state index is 4.23. The molecule has 0 saturated heterocycles. The molecule has 3 heteroatoms. The van der Waals surface area contributed by atoms with Crippen LogP contribution in [0.4, 0.5) is 0 Å². The van der Waals surface area contributed by atoms with Crippen molar-refractivity contribution in [3.8, 4) is 11.8 Å². The molecular formula is C12H9BrN2. The number of hydrogen-bond donors (Lipinski definition) is 0. The normalized spacial score (nSPS) is 9.47. The predicted octanol–water partition coefficient (Wildman–Crippen LogP) is 2.58. The Bertz CT molecular complexity index is 518. The molecule has 0 aliphatic rings. The van der Waals surface area contributed by atoms with Crippen molar-refractivity contribution >= 4 is 15.9 Å². The molecule has 0 radical (unpaired) electrons. The van der Waals surface area contributed by atoms with Gasteiger partial charge in [-0.3, -0.25) is 0 Å². The highest BCUT2D eigenvalue weighted by Gasteiger charge is 1.97. The van der Waals surface area contributed by atoms with E-state index in [0.29, 0.717) is 0 Å². The van der Waals surface area contributed by atoms with E-state index in [2.05, 4.69) is 32.8 Å². The maximum Gasteiger partial charge on any atom is 0.186 e. The zero-order valence-corrected chi connectivity index (χ0v) is 9.82. The first-order valence-corrected chi connectivity index (χ1v) is 5.31. The van der Waals surface area contributed by atoms with Gasteiger partial charge in [-0.05, 0) is 34.0 Å². The van der Waals surface area contributed by atoms with Crippen LogP contribution in [0.25, 0.3) is 0 Å². The summed E-state index contributed by atoms with van der Waals surface area (Å²) in [6.07, 6.45) is 1.88. The lowest BCUT2D eigenvalue weighted by Crippen LogP contribution is -1.90. The molecule has 1 aromatic carbocycles. The standard InChI is InChI=1S/C12H9BrN2/c1-15-9-11(13)14-12(15)8-7-10-5-3-2-4-6-10/h2-6,9H,1H3. The van der Waals surface area contributed by atoms with Gasteiger partial charge < -0.3 is 4.57 Å². The van der Waals surface area contributed by atoms with Gasteiger partial charge in [-0.2, -0.15) is 0 Å². The third-order valence-electron chi connectivity index (χ3n) is 1.94. The monoisotopic (exact) mass is 260 g/mol. The molecule has 0 spiro atoms. The van der Waals surface area contributed by atoms with Crippen LogP contribution >= 0.6 is 15.9 Å². The van der Waals surface area contributed by atoms with E-state index in [1.165, 1.54) is 0 Å². The Labute approximate surface area is 97.1 Å². The van der Waals surface area contributed by atoms with Crippen molar-refractivity contribution in [3.05, 3.63) is 52.5 Å². The summed E-state index contributed by atoms with van der Waals surface area (Å²) < 4.78 is 2.70. The highest BCUT2D eigenvalue weighted by atomic mass is 79.9. The van der Waals surface area contributed by atoms with Crippen LogP contribution in [0.15, 0.2) is 41.1 Å². The summed E-state index contributed by atoms with van der Waals surface area (Å²) in [4.78, 5) is 4.23. The van der Waals surface area contributed by atoms with Gasteiger partial charge in [0.15, 0.2) is 5.82 Å². The molecule has 0 unspecified atom stereocenters. The van der Waals surface area contributed by atoms with Gasteiger partial charge in [0, 0.05) is 18.8 Å². The Hall–Kier alpha value is -1.53. The summed E-state index contributed by atoms with van der Waals surface area (Å²) in [6, 6.07) is 9.87. The second-order valence-corrected chi connectivity index (χ2v) is 3.93. The minimum Gasteiger partial charge on any atom is -0.326 e. The number of aryl methyl sites for hydroxylation is 1. The van der Waals surface area contributed by atoms with Crippen LogP contribution in [0.1, 0.15) is 11.4 Å². The smallest absolute Gasteiger partial charge is 0.186 e. The van der Waals surface area contributed by atoms with E-state index in [9.17, 15) is 0 Å². The number of aromatic nitrogens is 2. The summed E-state index contributed by atoms with van der Waals surface area (Å²) in [5, 5.41) is 0. The number of nitrogens with zero attached hydrogens (tertiary/aromatic N) is 2. The minimum atomic E-state index is 0.755. The molecule has 0 N–H and O–H groups in total. The van der Waals surface area contributed by atoms with Crippen molar-refractivity contribution in [1.29, 1.82) is 0 Å². The van der Waals surface area contributed by atoms with Crippen molar-refractivity contribution < 1.29 is 0 Å². The van der Waals surface area contributed by atoms with Crippen molar-refractivity contribution in [2.45, 2.75) is 0 Å². The van der Waals surface area contributed by atoms with E-state index >= 15 is 0 Å². The van der Waals surface area contributed by atoms with Crippen molar-refractivity contribution in [2.75, 3.05) is 0 Å². The first-order chi connectivity index (χ1) is 7.25. The number of rotatable bonds is 0. The summed E-state index contributed by atoms with van der Waals surface area (Å²) >= 11 is 3.31. The Balaban J connectivity index is 2.30. The first-order valence-electron chi connectivity index (χ1n) is 4.51. The summed E-state index contributed by atoms with van der Waals surface area (Å²) in [6.45, 7) is 0. The zero-order valence-electron chi connectivity index (χ0n) is 8.24. The summed E-state index contributed by atoms with van der Waals surface area (Å²) in [7, 11) is 1.92. The number of imidazole rings is 1. The second-order valence-electron chi connectivity index (χ2n) is 3.11. The van der Waals surface area contributed by atoms with Gasteiger partial charge in [0.25, 0.3) is 0 Å². The van der Waals surface area contributed by atoms with Crippen LogP contribution in [-0.4, -0.2) is 9.55 Å². The van der Waals surface area contributed by atoms with Crippen LogP contribution in [0.3, 0.4) is 0 Å². The molecule has 0 atom stereocenters. The molecule has 1 heterocycles. The topological polar surface area (TPSA) is 17.8 Å². The van der Waals surface area contributed by atoms with Gasteiger partial charge >= 0.3 is 0 Å². The number of halogens is 1. The Morgan fingerprint density at radius 3 is 2.53 bits per heavy atom. The number of hydrogen-bond acceptors (Lipinski definition) is 1. The van der Waals surface area contributed by atoms with Crippen molar-refractivity contribution in [2.24, 2.45) is 7.05 Å². The molecule has 0 saturated carbocycles. The van der Waals surface area contributed by atoms with E-state index in [4.69, 9.17) is 0 Å². The van der Waals surface area contributed by atoms with Gasteiger partial charge in [0.05, 0.1) is 0 Å². The van der Waals surface area contributed by atoms with E-state index in [0.717, 1.165) is 16.0 Å². The molecule has 0 fully saturated rings. The molecule has 0 aliphatic carbocycles. The minimum absolute atomic E-state index is 0.755. The SMILES string of the molecule is Cn1cc(Br)nc1C#Cc1ccccc1. The fourth-order valence-electron chi connectivity index (χ4n) is 1.20. The van der Waals surface area contributed by atoms with E-state index in [1.54, 1.807) is 0 Å². The third-order valence-corrected chi connectivity index (χ3v) is 2.32. The summed E-state index contributed by atoms with van der Waals surface area (Å²) in [5.74, 6) is 6.84.